The Labute approximate surface area is 173 Å². The Morgan fingerprint density at radius 3 is 2.33 bits per heavy atom. The van der Waals surface area contributed by atoms with Crippen LogP contribution in [0.4, 0.5) is 5.82 Å². The SMILES string of the molecule is Cc1cc(N)nc2cc(-c3ccc(OCC(C)C)c(CN)c3)ccc12.Cl.Cl. The summed E-state index contributed by atoms with van der Waals surface area (Å²) in [6.07, 6.45) is 0. The summed E-state index contributed by atoms with van der Waals surface area (Å²) in [5.74, 6) is 1.88. The molecule has 1 heterocycles. The van der Waals surface area contributed by atoms with Crippen molar-refractivity contribution in [1.29, 1.82) is 0 Å². The van der Waals surface area contributed by atoms with Crippen LogP contribution in [0.1, 0.15) is 25.0 Å². The van der Waals surface area contributed by atoms with Crippen molar-refractivity contribution < 1.29 is 4.74 Å². The van der Waals surface area contributed by atoms with Gasteiger partial charge in [0.25, 0.3) is 0 Å². The summed E-state index contributed by atoms with van der Waals surface area (Å²) in [6, 6.07) is 14.3. The first-order chi connectivity index (χ1) is 12.0. The Morgan fingerprint density at radius 1 is 1.00 bits per heavy atom. The number of aromatic nitrogens is 1. The minimum absolute atomic E-state index is 0. The molecule has 0 radical (unpaired) electrons. The van der Waals surface area contributed by atoms with Gasteiger partial charge in [0.15, 0.2) is 0 Å². The van der Waals surface area contributed by atoms with Gasteiger partial charge in [0.2, 0.25) is 0 Å². The molecule has 0 fully saturated rings. The Hall–Kier alpha value is -2.01. The van der Waals surface area contributed by atoms with Crippen LogP contribution in [0.3, 0.4) is 0 Å². The molecule has 3 aromatic rings. The van der Waals surface area contributed by atoms with Crippen LogP contribution < -0.4 is 16.2 Å². The van der Waals surface area contributed by atoms with E-state index in [1.807, 2.05) is 19.1 Å². The third-order valence-corrected chi connectivity index (χ3v) is 4.22. The maximum Gasteiger partial charge on any atom is 0.124 e. The van der Waals surface area contributed by atoms with E-state index in [1.54, 1.807) is 0 Å². The average molecular weight is 408 g/mol. The lowest BCUT2D eigenvalue weighted by molar-refractivity contribution is 0.268. The monoisotopic (exact) mass is 407 g/mol. The summed E-state index contributed by atoms with van der Waals surface area (Å²) in [7, 11) is 0. The van der Waals surface area contributed by atoms with Crippen molar-refractivity contribution in [3.8, 4) is 16.9 Å². The number of nitrogens with two attached hydrogens (primary N) is 2. The first-order valence-corrected chi connectivity index (χ1v) is 8.61. The first-order valence-electron chi connectivity index (χ1n) is 8.61. The zero-order valence-electron chi connectivity index (χ0n) is 15.9. The summed E-state index contributed by atoms with van der Waals surface area (Å²) in [6.45, 7) is 7.44. The van der Waals surface area contributed by atoms with Gasteiger partial charge in [0, 0.05) is 17.5 Å². The number of nitrogen functional groups attached to an aromatic ring is 1. The van der Waals surface area contributed by atoms with E-state index in [4.69, 9.17) is 16.2 Å². The topological polar surface area (TPSA) is 74.2 Å². The van der Waals surface area contributed by atoms with Crippen LogP contribution >= 0.6 is 24.8 Å². The van der Waals surface area contributed by atoms with E-state index in [1.165, 1.54) is 0 Å². The van der Waals surface area contributed by atoms with Gasteiger partial charge in [-0.25, -0.2) is 4.98 Å². The van der Waals surface area contributed by atoms with Crippen LogP contribution in [0.5, 0.6) is 5.75 Å². The van der Waals surface area contributed by atoms with E-state index < -0.39 is 0 Å². The third kappa shape index (κ3) is 5.25. The smallest absolute Gasteiger partial charge is 0.124 e. The van der Waals surface area contributed by atoms with Gasteiger partial charge in [-0.1, -0.05) is 32.0 Å². The lowest BCUT2D eigenvalue weighted by Gasteiger charge is -2.14. The summed E-state index contributed by atoms with van der Waals surface area (Å²) in [4.78, 5) is 4.46. The van der Waals surface area contributed by atoms with E-state index in [-0.39, 0.29) is 24.8 Å². The van der Waals surface area contributed by atoms with Crippen molar-refractivity contribution in [2.45, 2.75) is 27.3 Å². The second-order valence-electron chi connectivity index (χ2n) is 6.83. The second kappa shape index (κ2) is 9.79. The average Bonchev–Trinajstić information content (AvgIpc) is 2.59. The Kier molecular flexibility index (Phi) is 8.35. The normalized spacial score (nSPS) is 10.4. The molecule has 0 aliphatic heterocycles. The largest absolute Gasteiger partial charge is 0.493 e. The highest BCUT2D eigenvalue weighted by atomic mass is 35.5. The van der Waals surface area contributed by atoms with Gasteiger partial charge < -0.3 is 16.2 Å². The van der Waals surface area contributed by atoms with Crippen LogP contribution in [0.2, 0.25) is 0 Å². The van der Waals surface area contributed by atoms with E-state index in [0.29, 0.717) is 24.9 Å². The van der Waals surface area contributed by atoms with Crippen molar-refractivity contribution >= 4 is 41.5 Å². The Morgan fingerprint density at radius 2 is 1.67 bits per heavy atom. The van der Waals surface area contributed by atoms with Crippen molar-refractivity contribution in [3.63, 3.8) is 0 Å². The molecule has 0 saturated carbocycles. The van der Waals surface area contributed by atoms with Crippen LogP contribution in [0.25, 0.3) is 22.0 Å². The van der Waals surface area contributed by atoms with Gasteiger partial charge in [-0.15, -0.1) is 24.8 Å². The Bertz CT molecular complexity index is 913. The van der Waals surface area contributed by atoms with Crippen LogP contribution in [0.15, 0.2) is 42.5 Å². The predicted molar refractivity (Wildman–Crippen MR) is 119 cm³/mol. The van der Waals surface area contributed by atoms with Gasteiger partial charge in [-0.3, -0.25) is 0 Å². The zero-order valence-corrected chi connectivity index (χ0v) is 17.5. The predicted octanol–water partition coefficient (Wildman–Crippen LogP) is 5.13. The molecule has 0 aliphatic rings. The maximum absolute atomic E-state index is 5.93. The highest BCUT2D eigenvalue weighted by Gasteiger charge is 2.08. The van der Waals surface area contributed by atoms with Crippen LogP contribution in [0, 0.1) is 12.8 Å². The summed E-state index contributed by atoms with van der Waals surface area (Å²) in [5, 5.41) is 1.12. The first kappa shape index (κ1) is 23.0. The number of hydrogen-bond donors (Lipinski definition) is 2. The summed E-state index contributed by atoms with van der Waals surface area (Å²) < 4.78 is 5.87. The number of halogens is 2. The second-order valence-corrected chi connectivity index (χ2v) is 6.83. The Balaban J connectivity index is 0.00000182. The highest BCUT2D eigenvalue weighted by Crippen LogP contribution is 2.30. The summed E-state index contributed by atoms with van der Waals surface area (Å²) >= 11 is 0. The maximum atomic E-state index is 5.93. The van der Waals surface area contributed by atoms with Crippen LogP contribution in [-0.2, 0) is 6.54 Å². The van der Waals surface area contributed by atoms with Crippen molar-refractivity contribution in [3.05, 3.63) is 53.6 Å². The molecular formula is C21H27Cl2N3O. The number of benzene rings is 2. The molecule has 2 aromatic carbocycles. The standard InChI is InChI=1S/C21H25N3O.2ClH/c1-13(2)12-25-20-7-5-15(9-17(20)11-22)16-4-6-18-14(3)8-21(23)24-19(18)10-16;;/h4-10,13H,11-12,22H2,1-3H3,(H2,23,24);2*1H. The highest BCUT2D eigenvalue weighted by molar-refractivity contribution is 5.88. The lowest BCUT2D eigenvalue weighted by atomic mass is 9.99. The molecule has 27 heavy (non-hydrogen) atoms. The minimum Gasteiger partial charge on any atom is -0.493 e. The zero-order chi connectivity index (χ0) is 18.0. The molecule has 0 spiro atoms. The summed E-state index contributed by atoms with van der Waals surface area (Å²) in [5.41, 5.74) is 17.1. The molecule has 146 valence electrons. The van der Waals surface area contributed by atoms with Gasteiger partial charge in [-0.05, 0) is 53.8 Å². The number of anilines is 1. The molecule has 0 bridgehead atoms. The quantitative estimate of drug-likeness (QED) is 0.614. The minimum atomic E-state index is 0. The van der Waals surface area contributed by atoms with E-state index in [9.17, 15) is 0 Å². The van der Waals surface area contributed by atoms with E-state index in [0.717, 1.165) is 38.9 Å². The molecule has 0 unspecified atom stereocenters. The van der Waals surface area contributed by atoms with Crippen molar-refractivity contribution in [1.82, 2.24) is 4.98 Å². The number of nitrogens with zero attached hydrogens (tertiary/aromatic N) is 1. The number of rotatable bonds is 5. The lowest BCUT2D eigenvalue weighted by Crippen LogP contribution is -2.08. The molecule has 4 nitrogen and oxygen atoms in total. The van der Waals surface area contributed by atoms with Gasteiger partial charge in [0.1, 0.15) is 11.6 Å². The van der Waals surface area contributed by atoms with Gasteiger partial charge in [-0.2, -0.15) is 0 Å². The van der Waals surface area contributed by atoms with Crippen LogP contribution in [-0.4, -0.2) is 11.6 Å². The molecule has 4 N–H and O–H groups in total. The molecule has 0 amide bonds. The van der Waals surface area contributed by atoms with E-state index >= 15 is 0 Å². The molecule has 0 aliphatic carbocycles. The van der Waals surface area contributed by atoms with Crippen molar-refractivity contribution in [2.24, 2.45) is 11.7 Å². The fourth-order valence-electron chi connectivity index (χ4n) is 2.92. The molecular weight excluding hydrogens is 381 g/mol. The van der Waals surface area contributed by atoms with Crippen molar-refractivity contribution in [2.75, 3.05) is 12.3 Å². The van der Waals surface area contributed by atoms with Gasteiger partial charge >= 0.3 is 0 Å². The van der Waals surface area contributed by atoms with E-state index in [2.05, 4.69) is 49.2 Å². The number of fused-ring (bicyclic) bond motifs is 1. The molecule has 0 saturated heterocycles. The number of pyridine rings is 1. The molecule has 1 aromatic heterocycles. The fourth-order valence-corrected chi connectivity index (χ4v) is 2.92. The fraction of sp³-hybridized carbons (Fsp3) is 0.286. The molecule has 6 heteroatoms. The van der Waals surface area contributed by atoms with Gasteiger partial charge in [0.05, 0.1) is 12.1 Å². The number of ether oxygens (including phenoxy) is 1. The third-order valence-electron chi connectivity index (χ3n) is 4.22. The molecule has 0 atom stereocenters. The number of hydrogen-bond acceptors (Lipinski definition) is 4. The molecule has 3 rings (SSSR count). The number of aryl methyl sites for hydroxylation is 1.